The van der Waals surface area contributed by atoms with Gasteiger partial charge in [0.15, 0.2) is 5.78 Å². The first-order valence-electron chi connectivity index (χ1n) is 7.81. The fourth-order valence-electron chi connectivity index (χ4n) is 2.69. The Morgan fingerprint density at radius 3 is 2.48 bits per heavy atom. The maximum atomic E-state index is 12.5. The minimum atomic E-state index is -3.87. The van der Waals surface area contributed by atoms with Crippen molar-refractivity contribution in [3.63, 3.8) is 0 Å². The Labute approximate surface area is 146 Å². The lowest BCUT2D eigenvalue weighted by Crippen LogP contribution is -2.44. The molecule has 2 aromatic carbocycles. The molecule has 3 rings (SSSR count). The van der Waals surface area contributed by atoms with E-state index in [-0.39, 0.29) is 5.75 Å². The minimum absolute atomic E-state index is 0.286. The highest BCUT2D eigenvalue weighted by Gasteiger charge is 2.36. The number of carbonyl (C=O) groups excluding carboxylic acids is 2. The Hall–Kier alpha value is -2.67. The summed E-state index contributed by atoms with van der Waals surface area (Å²) in [6.07, 6.45) is 0. The smallest absolute Gasteiger partial charge is 0.268 e. The lowest BCUT2D eigenvalue weighted by molar-refractivity contribution is 0.0806. The van der Waals surface area contributed by atoms with Crippen LogP contribution >= 0.6 is 0 Å². The predicted octanol–water partition coefficient (Wildman–Crippen LogP) is 2.25. The molecule has 0 saturated heterocycles. The highest BCUT2D eigenvalue weighted by atomic mass is 32.2. The van der Waals surface area contributed by atoms with E-state index in [1.54, 1.807) is 48.5 Å². The molecule has 1 aliphatic rings. The van der Waals surface area contributed by atoms with Gasteiger partial charge in [0.1, 0.15) is 12.3 Å². The number of hydrogen-bond acceptors (Lipinski definition) is 5. The molecule has 6 nitrogen and oxygen atoms in total. The van der Waals surface area contributed by atoms with Crippen molar-refractivity contribution in [3.05, 3.63) is 65.2 Å². The summed E-state index contributed by atoms with van der Waals surface area (Å²) in [4.78, 5) is 24.9. The molecule has 0 spiro atoms. The van der Waals surface area contributed by atoms with Crippen molar-refractivity contribution in [1.29, 1.82) is 0 Å². The number of hydrogen-bond donors (Lipinski definition) is 0. The number of amides is 1. The molecule has 0 N–H and O–H groups in total. The number of ketones is 1. The highest BCUT2D eigenvalue weighted by Crippen LogP contribution is 2.25. The molecule has 0 radical (unpaired) electrons. The van der Waals surface area contributed by atoms with E-state index in [0.29, 0.717) is 33.4 Å². The Balaban J connectivity index is 1.84. The van der Waals surface area contributed by atoms with Gasteiger partial charge in [0.2, 0.25) is 10.0 Å². The molecule has 0 atom stereocenters. The van der Waals surface area contributed by atoms with E-state index in [0.717, 1.165) is 0 Å². The average molecular weight is 359 g/mol. The third kappa shape index (κ3) is 3.41. The summed E-state index contributed by atoms with van der Waals surface area (Å²) in [5.41, 5.74) is 1.10. The average Bonchev–Trinajstić information content (AvgIpc) is 2.59. The van der Waals surface area contributed by atoms with Gasteiger partial charge in [-0.15, -0.1) is 0 Å². The van der Waals surface area contributed by atoms with E-state index in [1.807, 2.05) is 6.92 Å². The molecule has 0 unspecified atom stereocenters. The number of benzene rings is 2. The van der Waals surface area contributed by atoms with Crippen molar-refractivity contribution in [2.45, 2.75) is 12.7 Å². The van der Waals surface area contributed by atoms with Crippen molar-refractivity contribution in [1.82, 2.24) is 4.31 Å². The molecule has 2 aromatic rings. The fraction of sp³-hybridized carbons (Fsp3) is 0.222. The lowest BCUT2D eigenvalue weighted by Gasteiger charge is -2.27. The number of Topliss-reactive ketones (excluding diaryl/α,β-unsaturated/α-hetero) is 1. The van der Waals surface area contributed by atoms with Gasteiger partial charge in [-0.25, -0.2) is 12.7 Å². The second-order valence-electron chi connectivity index (χ2n) is 5.61. The van der Waals surface area contributed by atoms with Gasteiger partial charge in [-0.1, -0.05) is 18.2 Å². The van der Waals surface area contributed by atoms with Gasteiger partial charge in [0, 0.05) is 11.1 Å². The monoisotopic (exact) mass is 359 g/mol. The summed E-state index contributed by atoms with van der Waals surface area (Å²) < 4.78 is 30.8. The van der Waals surface area contributed by atoms with Crippen LogP contribution in [0.25, 0.3) is 0 Å². The largest absolute Gasteiger partial charge is 0.494 e. The summed E-state index contributed by atoms with van der Waals surface area (Å²) in [5, 5.41) is 0. The van der Waals surface area contributed by atoms with Crippen LogP contribution in [0.4, 0.5) is 0 Å². The number of nitrogens with zero attached hydrogens (tertiary/aromatic N) is 1. The van der Waals surface area contributed by atoms with Gasteiger partial charge >= 0.3 is 0 Å². The molecular weight excluding hydrogens is 342 g/mol. The molecule has 0 bridgehead atoms. The molecule has 1 aliphatic heterocycles. The van der Waals surface area contributed by atoms with Crippen LogP contribution in [0.3, 0.4) is 0 Å². The van der Waals surface area contributed by atoms with Crippen LogP contribution in [0.2, 0.25) is 0 Å². The van der Waals surface area contributed by atoms with Crippen LogP contribution in [-0.4, -0.2) is 37.6 Å². The molecule has 130 valence electrons. The summed E-state index contributed by atoms with van der Waals surface area (Å²) in [6, 6.07) is 12.9. The van der Waals surface area contributed by atoms with E-state index in [4.69, 9.17) is 4.74 Å². The van der Waals surface area contributed by atoms with E-state index < -0.39 is 28.3 Å². The highest BCUT2D eigenvalue weighted by molar-refractivity contribution is 7.89. The molecule has 0 saturated carbocycles. The molecule has 1 amide bonds. The molecule has 0 aromatic heterocycles. The first-order valence-corrected chi connectivity index (χ1v) is 9.42. The third-order valence-corrected chi connectivity index (χ3v) is 5.56. The van der Waals surface area contributed by atoms with E-state index in [1.165, 1.54) is 0 Å². The number of carbonyl (C=O) groups is 2. The van der Waals surface area contributed by atoms with Gasteiger partial charge in [0.05, 0.1) is 12.4 Å². The summed E-state index contributed by atoms with van der Waals surface area (Å²) in [5.74, 6) is -0.777. The Morgan fingerprint density at radius 1 is 1.12 bits per heavy atom. The van der Waals surface area contributed by atoms with Crippen LogP contribution in [-0.2, 0) is 15.8 Å². The van der Waals surface area contributed by atoms with Gasteiger partial charge in [-0.2, -0.15) is 0 Å². The Morgan fingerprint density at radius 2 is 1.80 bits per heavy atom. The quantitative estimate of drug-likeness (QED) is 0.765. The van der Waals surface area contributed by atoms with E-state index in [9.17, 15) is 18.0 Å². The zero-order valence-corrected chi connectivity index (χ0v) is 14.5. The fourth-order valence-corrected chi connectivity index (χ4v) is 4.15. The maximum Gasteiger partial charge on any atom is 0.268 e. The lowest BCUT2D eigenvalue weighted by atomic mass is 10.1. The molecular formula is C18H17NO5S. The van der Waals surface area contributed by atoms with E-state index >= 15 is 0 Å². The van der Waals surface area contributed by atoms with Crippen LogP contribution in [0.5, 0.6) is 5.75 Å². The van der Waals surface area contributed by atoms with Gasteiger partial charge < -0.3 is 4.74 Å². The van der Waals surface area contributed by atoms with Gasteiger partial charge in [-0.3, -0.25) is 9.59 Å². The van der Waals surface area contributed by atoms with Gasteiger partial charge in [0.25, 0.3) is 5.91 Å². The topological polar surface area (TPSA) is 80.8 Å². The second kappa shape index (κ2) is 6.68. The summed E-state index contributed by atoms with van der Waals surface area (Å²) in [7, 11) is -3.87. The number of rotatable bonds is 5. The van der Waals surface area contributed by atoms with Crippen LogP contribution in [0.15, 0.2) is 48.5 Å². The zero-order chi connectivity index (χ0) is 18.0. The van der Waals surface area contributed by atoms with Crippen molar-refractivity contribution < 1.29 is 22.7 Å². The number of fused-ring (bicyclic) bond motifs is 1. The van der Waals surface area contributed by atoms with Crippen molar-refractivity contribution in [2.24, 2.45) is 0 Å². The first-order chi connectivity index (χ1) is 11.9. The predicted molar refractivity (Wildman–Crippen MR) is 92.0 cm³/mol. The molecule has 0 fully saturated rings. The Kier molecular flexibility index (Phi) is 4.59. The second-order valence-corrected chi connectivity index (χ2v) is 7.50. The normalized spacial score (nSPS) is 15.6. The minimum Gasteiger partial charge on any atom is -0.494 e. The zero-order valence-electron chi connectivity index (χ0n) is 13.6. The summed E-state index contributed by atoms with van der Waals surface area (Å²) >= 11 is 0. The third-order valence-electron chi connectivity index (χ3n) is 3.92. The standard InChI is InChI=1S/C18H17NO5S/c1-2-24-15-9-7-13(8-10-15)17(20)11-19-18(21)16-6-4-3-5-14(16)12-25(19,22)23/h3-10H,2,11-12H2,1H3. The van der Waals surface area contributed by atoms with Crippen LogP contribution in [0, 0.1) is 0 Å². The van der Waals surface area contributed by atoms with E-state index in [2.05, 4.69) is 0 Å². The number of ether oxygens (including phenoxy) is 1. The first kappa shape index (κ1) is 17.2. The Bertz CT molecular complexity index is 919. The molecule has 25 heavy (non-hydrogen) atoms. The maximum absolute atomic E-state index is 12.5. The summed E-state index contributed by atoms with van der Waals surface area (Å²) in [6.45, 7) is 1.85. The molecule has 7 heteroatoms. The molecule has 0 aliphatic carbocycles. The van der Waals surface area contributed by atoms with Crippen LogP contribution in [0.1, 0.15) is 33.2 Å². The van der Waals surface area contributed by atoms with Crippen molar-refractivity contribution in [3.8, 4) is 5.75 Å². The van der Waals surface area contributed by atoms with Crippen molar-refractivity contribution >= 4 is 21.7 Å². The number of sulfonamides is 1. The SMILES string of the molecule is CCOc1ccc(C(=O)CN2C(=O)c3ccccc3CS2(=O)=O)cc1. The van der Waals surface area contributed by atoms with Crippen LogP contribution < -0.4 is 4.74 Å². The molecule has 1 heterocycles. The van der Waals surface area contributed by atoms with Gasteiger partial charge in [-0.05, 0) is 42.8 Å². The van der Waals surface area contributed by atoms with Crippen molar-refractivity contribution in [2.75, 3.05) is 13.2 Å².